The quantitative estimate of drug-likeness (QED) is 0.747. The van der Waals surface area contributed by atoms with Crippen molar-refractivity contribution < 1.29 is 14.6 Å². The van der Waals surface area contributed by atoms with E-state index in [9.17, 15) is 4.79 Å². The highest BCUT2D eigenvalue weighted by atomic mass is 32.1. The van der Waals surface area contributed by atoms with Gasteiger partial charge in [0.1, 0.15) is 12.4 Å². The van der Waals surface area contributed by atoms with Gasteiger partial charge in [0.05, 0.1) is 11.3 Å². The number of rotatable bonds is 5. The fourth-order valence-corrected chi connectivity index (χ4v) is 2.62. The second-order valence-corrected chi connectivity index (χ2v) is 5.78. The molecule has 0 amide bonds. The van der Waals surface area contributed by atoms with Gasteiger partial charge in [0.25, 0.3) is 0 Å². The van der Waals surface area contributed by atoms with E-state index < -0.39 is 5.97 Å². The summed E-state index contributed by atoms with van der Waals surface area (Å²) < 4.78 is 5.70. The third-order valence-corrected chi connectivity index (χ3v) is 3.95. The molecule has 0 fully saturated rings. The average Bonchev–Trinajstić information content (AvgIpc) is 3.00. The maximum Gasteiger partial charge on any atom is 0.335 e. The first-order valence-corrected chi connectivity index (χ1v) is 7.76. The number of aromatic carboxylic acids is 1. The Kier molecular flexibility index (Phi) is 4.25. The van der Waals surface area contributed by atoms with Crippen molar-refractivity contribution in [2.45, 2.75) is 6.61 Å². The molecule has 0 bridgehead atoms. The van der Waals surface area contributed by atoms with E-state index in [0.29, 0.717) is 11.7 Å². The predicted molar refractivity (Wildman–Crippen MR) is 89.7 cm³/mol. The van der Waals surface area contributed by atoms with Crippen molar-refractivity contribution in [3.8, 4) is 17.0 Å². The lowest BCUT2D eigenvalue weighted by Gasteiger charge is -2.07. The maximum atomic E-state index is 10.8. The molecule has 3 rings (SSSR count). The van der Waals surface area contributed by atoms with Crippen LogP contribution in [0.4, 0.5) is 5.13 Å². The van der Waals surface area contributed by atoms with Gasteiger partial charge < -0.3 is 15.6 Å². The first kappa shape index (κ1) is 15.1. The zero-order chi connectivity index (χ0) is 16.2. The number of nitrogens with two attached hydrogens (primary N) is 1. The number of benzene rings is 2. The Bertz CT molecular complexity index is 811. The molecule has 0 saturated heterocycles. The van der Waals surface area contributed by atoms with Crippen LogP contribution in [0.5, 0.6) is 5.75 Å². The van der Waals surface area contributed by atoms with E-state index in [1.54, 1.807) is 24.3 Å². The standard InChI is InChI=1S/C17H14N2O3S/c18-17-19-15(10-23-17)12-5-7-14(8-6-12)22-9-11-1-3-13(4-2-11)16(20)21/h1-8,10H,9H2,(H2,18,19)(H,20,21). The van der Waals surface area contributed by atoms with E-state index in [1.807, 2.05) is 29.6 Å². The van der Waals surface area contributed by atoms with Crippen LogP contribution < -0.4 is 10.5 Å². The highest BCUT2D eigenvalue weighted by Gasteiger charge is 2.04. The number of hydrogen-bond donors (Lipinski definition) is 2. The van der Waals surface area contributed by atoms with Gasteiger partial charge in [0.15, 0.2) is 5.13 Å². The van der Waals surface area contributed by atoms with Gasteiger partial charge in [0.2, 0.25) is 0 Å². The van der Waals surface area contributed by atoms with Crippen LogP contribution in [-0.4, -0.2) is 16.1 Å². The summed E-state index contributed by atoms with van der Waals surface area (Å²) in [5.74, 6) is -0.199. The second-order valence-electron chi connectivity index (χ2n) is 4.89. The molecule has 0 saturated carbocycles. The van der Waals surface area contributed by atoms with E-state index >= 15 is 0 Å². The van der Waals surface area contributed by atoms with Crippen LogP contribution in [0, 0.1) is 0 Å². The number of anilines is 1. The Balaban J connectivity index is 1.63. The fraction of sp³-hybridized carbons (Fsp3) is 0.0588. The van der Waals surface area contributed by atoms with Crippen molar-refractivity contribution >= 4 is 22.4 Å². The number of carbonyl (C=O) groups is 1. The Morgan fingerprint density at radius 2 is 1.83 bits per heavy atom. The Hall–Kier alpha value is -2.86. The van der Waals surface area contributed by atoms with Crippen molar-refractivity contribution in [2.24, 2.45) is 0 Å². The molecule has 116 valence electrons. The van der Waals surface area contributed by atoms with Gasteiger partial charge in [-0.3, -0.25) is 0 Å². The normalized spacial score (nSPS) is 10.4. The molecule has 0 aliphatic heterocycles. The fourth-order valence-electron chi connectivity index (χ4n) is 2.05. The van der Waals surface area contributed by atoms with Gasteiger partial charge in [-0.2, -0.15) is 0 Å². The Labute approximate surface area is 137 Å². The van der Waals surface area contributed by atoms with Crippen molar-refractivity contribution in [1.29, 1.82) is 0 Å². The number of nitrogens with zero attached hydrogens (tertiary/aromatic N) is 1. The molecule has 23 heavy (non-hydrogen) atoms. The molecule has 6 heteroatoms. The first-order chi connectivity index (χ1) is 11.1. The third kappa shape index (κ3) is 3.67. The first-order valence-electron chi connectivity index (χ1n) is 6.88. The number of aromatic nitrogens is 1. The molecule has 1 heterocycles. The highest BCUT2D eigenvalue weighted by molar-refractivity contribution is 7.13. The molecule has 1 aromatic heterocycles. The molecular weight excluding hydrogens is 312 g/mol. The molecule has 0 unspecified atom stereocenters. The van der Waals surface area contributed by atoms with Gasteiger partial charge in [0, 0.05) is 10.9 Å². The van der Waals surface area contributed by atoms with Crippen LogP contribution in [0.25, 0.3) is 11.3 Å². The highest BCUT2D eigenvalue weighted by Crippen LogP contribution is 2.25. The van der Waals surface area contributed by atoms with Crippen LogP contribution in [-0.2, 0) is 6.61 Å². The molecular formula is C17H14N2O3S. The maximum absolute atomic E-state index is 10.8. The molecule has 0 aliphatic carbocycles. The summed E-state index contributed by atoms with van der Waals surface area (Å²) in [6.07, 6.45) is 0. The van der Waals surface area contributed by atoms with Crippen LogP contribution in [0.1, 0.15) is 15.9 Å². The topological polar surface area (TPSA) is 85.4 Å². The number of nitrogen functional groups attached to an aromatic ring is 1. The lowest BCUT2D eigenvalue weighted by molar-refractivity contribution is 0.0697. The van der Waals surface area contributed by atoms with Gasteiger partial charge in [-0.1, -0.05) is 12.1 Å². The smallest absolute Gasteiger partial charge is 0.335 e. The summed E-state index contributed by atoms with van der Waals surface area (Å²) in [7, 11) is 0. The second kappa shape index (κ2) is 6.50. The number of carboxylic acid groups (broad SMARTS) is 1. The van der Waals surface area contributed by atoms with Crippen LogP contribution in [0.2, 0.25) is 0 Å². The summed E-state index contributed by atoms with van der Waals surface area (Å²) >= 11 is 1.41. The Morgan fingerprint density at radius 3 is 2.39 bits per heavy atom. The minimum atomic E-state index is -0.935. The largest absolute Gasteiger partial charge is 0.489 e. The summed E-state index contributed by atoms with van der Waals surface area (Å²) in [6.45, 7) is 0.378. The van der Waals surface area contributed by atoms with Gasteiger partial charge in [-0.25, -0.2) is 9.78 Å². The zero-order valence-corrected chi connectivity index (χ0v) is 12.9. The summed E-state index contributed by atoms with van der Waals surface area (Å²) in [4.78, 5) is 15.0. The van der Waals surface area contributed by atoms with Gasteiger partial charge in [-0.15, -0.1) is 11.3 Å². The van der Waals surface area contributed by atoms with Crippen LogP contribution in [0.15, 0.2) is 53.9 Å². The van der Waals surface area contributed by atoms with Crippen molar-refractivity contribution in [3.05, 3.63) is 65.0 Å². The molecule has 3 N–H and O–H groups in total. The van der Waals surface area contributed by atoms with E-state index in [-0.39, 0.29) is 5.56 Å². The SMILES string of the molecule is Nc1nc(-c2ccc(OCc3ccc(C(=O)O)cc3)cc2)cs1. The minimum Gasteiger partial charge on any atom is -0.489 e. The predicted octanol–water partition coefficient (Wildman–Crippen LogP) is 3.67. The number of thiazole rings is 1. The summed E-state index contributed by atoms with van der Waals surface area (Å²) in [5, 5.41) is 11.3. The summed E-state index contributed by atoms with van der Waals surface area (Å²) in [6, 6.07) is 14.2. The van der Waals surface area contributed by atoms with Gasteiger partial charge >= 0.3 is 5.97 Å². The Morgan fingerprint density at radius 1 is 1.13 bits per heavy atom. The van der Waals surface area contributed by atoms with Gasteiger partial charge in [-0.05, 0) is 42.0 Å². The lowest BCUT2D eigenvalue weighted by Crippen LogP contribution is -1.98. The van der Waals surface area contributed by atoms with Crippen molar-refractivity contribution in [3.63, 3.8) is 0 Å². The molecule has 0 aliphatic rings. The lowest BCUT2D eigenvalue weighted by atomic mass is 10.1. The molecule has 0 radical (unpaired) electrons. The van der Waals surface area contributed by atoms with E-state index in [0.717, 1.165) is 22.6 Å². The third-order valence-electron chi connectivity index (χ3n) is 3.28. The number of hydrogen-bond acceptors (Lipinski definition) is 5. The molecule has 0 atom stereocenters. The van der Waals surface area contributed by atoms with E-state index in [1.165, 1.54) is 11.3 Å². The molecule has 2 aromatic carbocycles. The van der Waals surface area contributed by atoms with Crippen molar-refractivity contribution in [1.82, 2.24) is 4.98 Å². The molecule has 0 spiro atoms. The number of carboxylic acids is 1. The molecule has 5 nitrogen and oxygen atoms in total. The minimum absolute atomic E-state index is 0.264. The van der Waals surface area contributed by atoms with E-state index in [2.05, 4.69) is 4.98 Å². The zero-order valence-electron chi connectivity index (χ0n) is 12.1. The molecule has 3 aromatic rings. The average molecular weight is 326 g/mol. The van der Waals surface area contributed by atoms with E-state index in [4.69, 9.17) is 15.6 Å². The summed E-state index contributed by atoms with van der Waals surface area (Å²) in [5.41, 5.74) is 8.64. The van der Waals surface area contributed by atoms with Crippen LogP contribution in [0.3, 0.4) is 0 Å². The number of ether oxygens (including phenoxy) is 1. The van der Waals surface area contributed by atoms with Crippen LogP contribution >= 0.6 is 11.3 Å². The monoisotopic (exact) mass is 326 g/mol. The van der Waals surface area contributed by atoms with Crippen molar-refractivity contribution in [2.75, 3.05) is 5.73 Å².